The van der Waals surface area contributed by atoms with Crippen LogP contribution in [0.5, 0.6) is 0 Å². The van der Waals surface area contributed by atoms with Crippen molar-refractivity contribution in [3.63, 3.8) is 0 Å². The number of carbonyl (C=O) groups is 1. The number of halogens is 1. The van der Waals surface area contributed by atoms with Crippen LogP contribution in [0.3, 0.4) is 0 Å². The lowest BCUT2D eigenvalue weighted by molar-refractivity contribution is -0.131. The van der Waals surface area contributed by atoms with Gasteiger partial charge in [0.15, 0.2) is 0 Å². The van der Waals surface area contributed by atoms with E-state index in [1.807, 2.05) is 29.2 Å². The van der Waals surface area contributed by atoms with E-state index in [4.69, 9.17) is 0 Å². The molecule has 1 aromatic rings. The van der Waals surface area contributed by atoms with Crippen LogP contribution < -0.4 is 5.32 Å². The van der Waals surface area contributed by atoms with Crippen molar-refractivity contribution >= 4 is 27.5 Å². The van der Waals surface area contributed by atoms with Gasteiger partial charge in [-0.25, -0.2) is 0 Å². The highest BCUT2D eigenvalue weighted by molar-refractivity contribution is 9.10. The first-order chi connectivity index (χ1) is 9.17. The summed E-state index contributed by atoms with van der Waals surface area (Å²) in [4.78, 5) is 14.0. The third-order valence-electron chi connectivity index (χ3n) is 2.83. The molecule has 0 atom stereocenters. The summed E-state index contributed by atoms with van der Waals surface area (Å²) in [7, 11) is 0. The molecule has 0 radical (unpaired) electrons. The van der Waals surface area contributed by atoms with Gasteiger partial charge in [-0.15, -0.1) is 0 Å². The number of amides is 1. The largest absolute Gasteiger partial charge is 0.384 e. The number of nitrogens with zero attached hydrogens (tertiary/aromatic N) is 1. The maximum Gasteiger partial charge on any atom is 0.224 e. The highest BCUT2D eigenvalue weighted by Gasteiger charge is 2.10. The number of carbonyl (C=O) groups excluding carboxylic acids is 1. The standard InChI is InChI=1S/C15H23BrN2O/c1-3-10-18(11-4-2)15(19)8-9-17-14-7-5-6-13(16)12-14/h5-7,12,17H,3-4,8-11H2,1-2H3. The van der Waals surface area contributed by atoms with Crippen molar-refractivity contribution in [1.29, 1.82) is 0 Å². The van der Waals surface area contributed by atoms with Crippen LogP contribution in [0.4, 0.5) is 5.69 Å². The average molecular weight is 327 g/mol. The molecule has 0 aliphatic carbocycles. The van der Waals surface area contributed by atoms with Crippen molar-refractivity contribution in [3.8, 4) is 0 Å². The summed E-state index contributed by atoms with van der Waals surface area (Å²) >= 11 is 3.43. The summed E-state index contributed by atoms with van der Waals surface area (Å²) in [5, 5.41) is 3.28. The number of hydrogen-bond acceptors (Lipinski definition) is 2. The molecule has 0 unspecified atom stereocenters. The van der Waals surface area contributed by atoms with Crippen molar-refractivity contribution in [1.82, 2.24) is 4.90 Å². The van der Waals surface area contributed by atoms with Gasteiger partial charge in [0.2, 0.25) is 5.91 Å². The fraction of sp³-hybridized carbons (Fsp3) is 0.533. The highest BCUT2D eigenvalue weighted by Crippen LogP contribution is 2.15. The van der Waals surface area contributed by atoms with Crippen molar-refractivity contribution in [2.75, 3.05) is 25.0 Å². The molecule has 0 aliphatic rings. The molecule has 1 amide bonds. The third-order valence-corrected chi connectivity index (χ3v) is 3.33. The maximum absolute atomic E-state index is 12.1. The minimum Gasteiger partial charge on any atom is -0.384 e. The molecule has 0 spiro atoms. The molecule has 0 aliphatic heterocycles. The molecule has 0 aromatic heterocycles. The molecule has 1 rings (SSSR count). The van der Waals surface area contributed by atoms with E-state index < -0.39 is 0 Å². The molecule has 3 nitrogen and oxygen atoms in total. The lowest BCUT2D eigenvalue weighted by atomic mass is 10.3. The Morgan fingerprint density at radius 2 is 1.95 bits per heavy atom. The molecule has 4 heteroatoms. The number of rotatable bonds is 8. The number of hydrogen-bond donors (Lipinski definition) is 1. The van der Waals surface area contributed by atoms with Gasteiger partial charge < -0.3 is 10.2 Å². The molecule has 1 aromatic carbocycles. The zero-order valence-corrected chi connectivity index (χ0v) is 13.4. The van der Waals surface area contributed by atoms with E-state index in [9.17, 15) is 4.79 Å². The van der Waals surface area contributed by atoms with Crippen molar-refractivity contribution in [2.24, 2.45) is 0 Å². The SMILES string of the molecule is CCCN(CCC)C(=O)CCNc1cccc(Br)c1. The van der Waals surface area contributed by atoms with Crippen molar-refractivity contribution < 1.29 is 4.79 Å². The zero-order chi connectivity index (χ0) is 14.1. The first-order valence-corrected chi connectivity index (χ1v) is 7.73. The molecular weight excluding hydrogens is 304 g/mol. The summed E-state index contributed by atoms with van der Waals surface area (Å²) in [6.07, 6.45) is 2.59. The molecule has 106 valence electrons. The Bertz CT molecular complexity index is 389. The first kappa shape index (κ1) is 16.0. The Balaban J connectivity index is 2.36. The number of benzene rings is 1. The Kier molecular flexibility index (Phi) is 7.56. The summed E-state index contributed by atoms with van der Waals surface area (Å²) < 4.78 is 1.04. The zero-order valence-electron chi connectivity index (χ0n) is 11.8. The summed E-state index contributed by atoms with van der Waals surface area (Å²) in [5.41, 5.74) is 1.04. The predicted octanol–water partition coefficient (Wildman–Crippen LogP) is 3.90. The van der Waals surface area contributed by atoms with E-state index in [0.717, 1.165) is 36.1 Å². The Hall–Kier alpha value is -1.03. The number of nitrogens with one attached hydrogen (secondary N) is 1. The van der Waals surface area contributed by atoms with Gasteiger partial charge in [-0.3, -0.25) is 4.79 Å². The molecule has 0 bridgehead atoms. The topological polar surface area (TPSA) is 32.3 Å². The molecule has 1 N–H and O–H groups in total. The second-order valence-corrected chi connectivity index (χ2v) is 5.48. The summed E-state index contributed by atoms with van der Waals surface area (Å²) in [6.45, 7) is 6.62. The Morgan fingerprint density at radius 3 is 2.53 bits per heavy atom. The van der Waals surface area contributed by atoms with Crippen LogP contribution in [0.25, 0.3) is 0 Å². The summed E-state index contributed by atoms with van der Waals surface area (Å²) in [6, 6.07) is 7.99. The normalized spacial score (nSPS) is 10.3. The third kappa shape index (κ3) is 6.10. The van der Waals surface area contributed by atoms with Gasteiger partial charge in [-0.05, 0) is 31.0 Å². The number of anilines is 1. The second kappa shape index (κ2) is 8.97. The van der Waals surface area contributed by atoms with Crippen LogP contribution in [-0.2, 0) is 4.79 Å². The van der Waals surface area contributed by atoms with Crippen LogP contribution >= 0.6 is 15.9 Å². The Labute approximate surface area is 124 Å². The van der Waals surface area contributed by atoms with E-state index >= 15 is 0 Å². The van der Waals surface area contributed by atoms with E-state index in [1.54, 1.807) is 0 Å². The minimum absolute atomic E-state index is 0.242. The monoisotopic (exact) mass is 326 g/mol. The van der Waals surface area contributed by atoms with Crippen molar-refractivity contribution in [3.05, 3.63) is 28.7 Å². The molecule has 0 saturated heterocycles. The molecule has 0 saturated carbocycles. The Morgan fingerprint density at radius 1 is 1.26 bits per heavy atom. The molecule has 0 fully saturated rings. The van der Waals surface area contributed by atoms with Crippen LogP contribution in [0.2, 0.25) is 0 Å². The maximum atomic E-state index is 12.1. The first-order valence-electron chi connectivity index (χ1n) is 6.94. The fourth-order valence-electron chi connectivity index (χ4n) is 1.97. The van der Waals surface area contributed by atoms with Crippen LogP contribution in [0.1, 0.15) is 33.1 Å². The second-order valence-electron chi connectivity index (χ2n) is 4.57. The van der Waals surface area contributed by atoms with Gasteiger partial charge >= 0.3 is 0 Å². The van der Waals surface area contributed by atoms with Crippen LogP contribution in [-0.4, -0.2) is 30.4 Å². The van der Waals surface area contributed by atoms with Crippen LogP contribution in [0.15, 0.2) is 28.7 Å². The summed E-state index contributed by atoms with van der Waals surface area (Å²) in [5.74, 6) is 0.242. The quantitative estimate of drug-likeness (QED) is 0.785. The van der Waals surface area contributed by atoms with Gasteiger partial charge in [0, 0.05) is 36.2 Å². The molecule has 0 heterocycles. The minimum atomic E-state index is 0.242. The van der Waals surface area contributed by atoms with Gasteiger partial charge in [-0.2, -0.15) is 0 Å². The lowest BCUT2D eigenvalue weighted by Crippen LogP contribution is -2.33. The molecule has 19 heavy (non-hydrogen) atoms. The van der Waals surface area contributed by atoms with Crippen molar-refractivity contribution in [2.45, 2.75) is 33.1 Å². The fourth-order valence-corrected chi connectivity index (χ4v) is 2.37. The van der Waals surface area contributed by atoms with Gasteiger partial charge in [-0.1, -0.05) is 35.8 Å². The van der Waals surface area contributed by atoms with Gasteiger partial charge in [0.25, 0.3) is 0 Å². The van der Waals surface area contributed by atoms with E-state index in [1.165, 1.54) is 0 Å². The average Bonchev–Trinajstić information content (AvgIpc) is 2.38. The van der Waals surface area contributed by atoms with Gasteiger partial charge in [0.05, 0.1) is 0 Å². The van der Waals surface area contributed by atoms with E-state index in [2.05, 4.69) is 35.1 Å². The predicted molar refractivity (Wildman–Crippen MR) is 84.4 cm³/mol. The molecular formula is C15H23BrN2O. The van der Waals surface area contributed by atoms with E-state index in [-0.39, 0.29) is 5.91 Å². The van der Waals surface area contributed by atoms with Gasteiger partial charge in [0.1, 0.15) is 0 Å². The van der Waals surface area contributed by atoms with E-state index in [0.29, 0.717) is 13.0 Å². The lowest BCUT2D eigenvalue weighted by Gasteiger charge is -2.21. The van der Waals surface area contributed by atoms with Crippen LogP contribution in [0, 0.1) is 0 Å². The smallest absolute Gasteiger partial charge is 0.224 e. The highest BCUT2D eigenvalue weighted by atomic mass is 79.9.